The Morgan fingerprint density at radius 3 is 2.20 bits per heavy atom. The molecule has 3 aromatic rings. The third kappa shape index (κ3) is 8.86. The number of phenolic OH excluding ortho intramolecular Hbond substituents is 1. The molecule has 8 heteroatoms. The molecule has 0 fully saturated rings. The number of aromatic hydroxyl groups is 1. The second-order valence-electron chi connectivity index (χ2n) is 10.7. The first-order valence-electron chi connectivity index (χ1n) is 13.4. The molecule has 8 nitrogen and oxygen atoms in total. The van der Waals surface area contributed by atoms with E-state index in [9.17, 15) is 19.5 Å². The SMILES string of the molecule is CCN(C(=O)C(Cc1ccc(O)cc1)NC(=O)OC(C)(C)C)C(C(=O)NCc1ccccc1)c1cccc(C)c1. The second-order valence-corrected chi connectivity index (χ2v) is 10.7. The van der Waals surface area contributed by atoms with Crippen molar-refractivity contribution in [3.05, 3.63) is 101 Å². The average molecular weight is 546 g/mol. The van der Waals surface area contributed by atoms with Gasteiger partial charge in [0.05, 0.1) is 0 Å². The topological polar surface area (TPSA) is 108 Å². The van der Waals surface area contributed by atoms with Crippen molar-refractivity contribution < 1.29 is 24.2 Å². The van der Waals surface area contributed by atoms with Crippen LogP contribution in [0.4, 0.5) is 4.79 Å². The first kappa shape index (κ1) is 30.2. The first-order chi connectivity index (χ1) is 19.0. The summed E-state index contributed by atoms with van der Waals surface area (Å²) < 4.78 is 5.44. The minimum Gasteiger partial charge on any atom is -0.508 e. The highest BCUT2D eigenvalue weighted by Crippen LogP contribution is 2.24. The third-order valence-corrected chi connectivity index (χ3v) is 6.22. The lowest BCUT2D eigenvalue weighted by molar-refractivity contribution is -0.142. The van der Waals surface area contributed by atoms with Crippen LogP contribution in [0.1, 0.15) is 56.0 Å². The van der Waals surface area contributed by atoms with Crippen molar-refractivity contribution in [2.24, 2.45) is 0 Å². The zero-order valence-electron chi connectivity index (χ0n) is 23.8. The maximum Gasteiger partial charge on any atom is 0.408 e. The van der Waals surface area contributed by atoms with Gasteiger partial charge in [0.15, 0.2) is 0 Å². The van der Waals surface area contributed by atoms with Crippen LogP contribution < -0.4 is 10.6 Å². The van der Waals surface area contributed by atoms with Crippen LogP contribution in [0.3, 0.4) is 0 Å². The Morgan fingerprint density at radius 1 is 0.925 bits per heavy atom. The molecule has 40 heavy (non-hydrogen) atoms. The van der Waals surface area contributed by atoms with Gasteiger partial charge >= 0.3 is 6.09 Å². The van der Waals surface area contributed by atoms with Crippen molar-refractivity contribution in [1.29, 1.82) is 0 Å². The van der Waals surface area contributed by atoms with Gasteiger partial charge in [-0.05, 0) is 63.4 Å². The van der Waals surface area contributed by atoms with E-state index >= 15 is 0 Å². The van der Waals surface area contributed by atoms with Crippen LogP contribution in [0.25, 0.3) is 0 Å². The maximum absolute atomic E-state index is 14.2. The maximum atomic E-state index is 14.2. The molecule has 3 aromatic carbocycles. The average Bonchev–Trinajstić information content (AvgIpc) is 2.90. The van der Waals surface area contributed by atoms with Gasteiger partial charge in [-0.1, -0.05) is 72.3 Å². The molecule has 3 rings (SSSR count). The van der Waals surface area contributed by atoms with E-state index < -0.39 is 29.7 Å². The van der Waals surface area contributed by atoms with Gasteiger partial charge in [0.1, 0.15) is 23.4 Å². The number of ether oxygens (including phenoxy) is 1. The second kappa shape index (κ2) is 13.6. The van der Waals surface area contributed by atoms with Crippen LogP contribution in [0.15, 0.2) is 78.9 Å². The van der Waals surface area contributed by atoms with Crippen LogP contribution in [-0.2, 0) is 27.3 Å². The summed E-state index contributed by atoms with van der Waals surface area (Å²) in [5, 5.41) is 15.4. The number of nitrogens with zero attached hydrogens (tertiary/aromatic N) is 1. The largest absolute Gasteiger partial charge is 0.508 e. The molecule has 0 saturated carbocycles. The lowest BCUT2D eigenvalue weighted by Crippen LogP contribution is -2.53. The Balaban J connectivity index is 1.95. The molecule has 0 heterocycles. The molecule has 0 saturated heterocycles. The predicted molar refractivity (Wildman–Crippen MR) is 155 cm³/mol. The van der Waals surface area contributed by atoms with Gasteiger partial charge in [0.25, 0.3) is 0 Å². The Morgan fingerprint density at radius 2 is 1.60 bits per heavy atom. The van der Waals surface area contributed by atoms with E-state index in [4.69, 9.17) is 4.74 Å². The number of alkyl carbamates (subject to hydrolysis) is 1. The van der Waals surface area contributed by atoms with E-state index in [2.05, 4.69) is 10.6 Å². The normalized spacial score (nSPS) is 12.6. The lowest BCUT2D eigenvalue weighted by atomic mass is 9.99. The minimum atomic E-state index is -1.02. The summed E-state index contributed by atoms with van der Waals surface area (Å²) >= 11 is 0. The molecule has 0 aliphatic heterocycles. The van der Waals surface area contributed by atoms with E-state index in [1.165, 1.54) is 17.0 Å². The van der Waals surface area contributed by atoms with Crippen molar-refractivity contribution in [3.8, 4) is 5.75 Å². The predicted octanol–water partition coefficient (Wildman–Crippen LogP) is 5.04. The highest BCUT2D eigenvalue weighted by Gasteiger charge is 2.35. The van der Waals surface area contributed by atoms with Gasteiger partial charge < -0.3 is 25.4 Å². The van der Waals surface area contributed by atoms with Crippen molar-refractivity contribution in [3.63, 3.8) is 0 Å². The molecule has 2 unspecified atom stereocenters. The Kier molecular flexibility index (Phi) is 10.3. The van der Waals surface area contributed by atoms with Crippen LogP contribution in [0, 0.1) is 6.92 Å². The molecule has 0 bridgehead atoms. The fourth-order valence-electron chi connectivity index (χ4n) is 4.38. The number of hydrogen-bond donors (Lipinski definition) is 3. The number of carbonyl (C=O) groups is 3. The number of amides is 3. The monoisotopic (exact) mass is 545 g/mol. The highest BCUT2D eigenvalue weighted by atomic mass is 16.6. The van der Waals surface area contributed by atoms with Crippen molar-refractivity contribution in [2.75, 3.05) is 6.54 Å². The highest BCUT2D eigenvalue weighted by molar-refractivity contribution is 5.92. The minimum absolute atomic E-state index is 0.0940. The van der Waals surface area contributed by atoms with E-state index in [1.807, 2.05) is 61.5 Å². The molecule has 0 aliphatic rings. The van der Waals surface area contributed by atoms with E-state index in [-0.39, 0.29) is 24.6 Å². The lowest BCUT2D eigenvalue weighted by Gasteiger charge is -2.34. The first-order valence-corrected chi connectivity index (χ1v) is 13.4. The molecule has 3 N–H and O–H groups in total. The molecule has 0 aromatic heterocycles. The summed E-state index contributed by atoms with van der Waals surface area (Å²) in [5.41, 5.74) is 2.52. The molecule has 212 valence electrons. The fourth-order valence-corrected chi connectivity index (χ4v) is 4.38. The number of aryl methyl sites for hydroxylation is 1. The van der Waals surface area contributed by atoms with Crippen LogP contribution in [0.5, 0.6) is 5.75 Å². The van der Waals surface area contributed by atoms with E-state index in [0.29, 0.717) is 12.1 Å². The number of phenols is 1. The van der Waals surface area contributed by atoms with E-state index in [1.54, 1.807) is 39.8 Å². The summed E-state index contributed by atoms with van der Waals surface area (Å²) in [5.74, 6) is -0.662. The van der Waals surface area contributed by atoms with Crippen molar-refractivity contribution in [2.45, 2.75) is 65.3 Å². The summed E-state index contributed by atoms with van der Waals surface area (Å²) in [6, 6.07) is 21.5. The standard InChI is InChI=1S/C32H39N3O5/c1-6-35(28(25-14-10-11-22(2)19-25)29(37)33-21-24-12-8-7-9-13-24)30(38)27(34-31(39)40-32(3,4)5)20-23-15-17-26(36)18-16-23/h7-19,27-28,36H,6,20-21H2,1-5H3,(H,33,37)(H,34,39). The van der Waals surface area contributed by atoms with Gasteiger partial charge in [0.2, 0.25) is 11.8 Å². The number of benzene rings is 3. The zero-order valence-corrected chi connectivity index (χ0v) is 23.8. The van der Waals surface area contributed by atoms with Crippen LogP contribution in [0.2, 0.25) is 0 Å². The van der Waals surface area contributed by atoms with Gasteiger partial charge in [-0.15, -0.1) is 0 Å². The quantitative estimate of drug-likeness (QED) is 0.331. The molecule has 2 atom stereocenters. The fraction of sp³-hybridized carbons (Fsp3) is 0.344. The van der Waals surface area contributed by atoms with Crippen LogP contribution >= 0.6 is 0 Å². The zero-order chi connectivity index (χ0) is 29.3. The van der Waals surface area contributed by atoms with E-state index in [0.717, 1.165) is 16.7 Å². The molecular formula is C32H39N3O5. The number of carbonyl (C=O) groups excluding carboxylic acids is 3. The van der Waals surface area contributed by atoms with Gasteiger partial charge in [-0.25, -0.2) is 4.79 Å². The van der Waals surface area contributed by atoms with Crippen molar-refractivity contribution in [1.82, 2.24) is 15.5 Å². The summed E-state index contributed by atoms with van der Waals surface area (Å²) in [6.45, 7) is 9.49. The van der Waals surface area contributed by atoms with Crippen LogP contribution in [-0.4, -0.2) is 46.1 Å². The number of likely N-dealkylation sites (N-methyl/N-ethyl adjacent to an activating group) is 1. The summed E-state index contributed by atoms with van der Waals surface area (Å²) in [6.07, 6.45) is -0.595. The molecule has 0 radical (unpaired) electrons. The molecule has 3 amide bonds. The number of nitrogens with one attached hydrogen (secondary N) is 2. The van der Waals surface area contributed by atoms with Gasteiger partial charge in [-0.3, -0.25) is 9.59 Å². The van der Waals surface area contributed by atoms with Gasteiger partial charge in [-0.2, -0.15) is 0 Å². The summed E-state index contributed by atoms with van der Waals surface area (Å²) in [7, 11) is 0. The van der Waals surface area contributed by atoms with Crippen molar-refractivity contribution >= 4 is 17.9 Å². The smallest absolute Gasteiger partial charge is 0.408 e. The van der Waals surface area contributed by atoms with Gasteiger partial charge in [0, 0.05) is 19.5 Å². The molecule has 0 spiro atoms. The number of rotatable bonds is 10. The molecule has 0 aliphatic carbocycles. The molecular weight excluding hydrogens is 506 g/mol. The summed E-state index contributed by atoms with van der Waals surface area (Å²) in [4.78, 5) is 42.1. The number of hydrogen-bond acceptors (Lipinski definition) is 5. The Bertz CT molecular complexity index is 1290. The Labute approximate surface area is 236 Å². The third-order valence-electron chi connectivity index (χ3n) is 6.22. The Hall–Kier alpha value is -4.33.